The number of alkyl halides is 3. The molecule has 0 saturated heterocycles. The summed E-state index contributed by atoms with van der Waals surface area (Å²) < 4.78 is 57.5. The van der Waals surface area contributed by atoms with E-state index in [2.05, 4.69) is 20.2 Å². The van der Waals surface area contributed by atoms with Gasteiger partial charge in [0.1, 0.15) is 5.69 Å². The van der Waals surface area contributed by atoms with Crippen molar-refractivity contribution in [2.75, 3.05) is 0 Å². The molecule has 5 rings (SSSR count). The molecule has 4 aromatic rings. The van der Waals surface area contributed by atoms with E-state index in [1.165, 1.54) is 19.3 Å². The Kier molecular flexibility index (Phi) is 4.73. The zero-order valence-corrected chi connectivity index (χ0v) is 17.9. The molecule has 170 valence electrons. The van der Waals surface area contributed by atoms with Gasteiger partial charge in [0.25, 0.3) is 0 Å². The van der Waals surface area contributed by atoms with Crippen LogP contribution in [0.1, 0.15) is 32.8 Å². The average Bonchev–Trinajstić information content (AvgIpc) is 3.38. The number of aliphatic hydroxyl groups is 1. The van der Waals surface area contributed by atoms with E-state index < -0.39 is 29.1 Å². The minimum Gasteiger partial charge on any atom is -0.390 e. The van der Waals surface area contributed by atoms with Crippen LogP contribution >= 0.6 is 11.6 Å². The Bertz CT molecular complexity index is 1360. The third-order valence-electron chi connectivity index (χ3n) is 5.36. The van der Waals surface area contributed by atoms with E-state index in [0.717, 1.165) is 6.20 Å². The highest BCUT2D eigenvalue weighted by Crippen LogP contribution is 2.48. The first-order chi connectivity index (χ1) is 16.0. The number of halogens is 4. The van der Waals surface area contributed by atoms with Crippen LogP contribution in [0.25, 0.3) is 34.0 Å². The Labute approximate surface area is 192 Å². The lowest BCUT2D eigenvalue weighted by molar-refractivity contribution is -0.148. The zero-order valence-electron chi connectivity index (χ0n) is 18.1. The van der Waals surface area contributed by atoms with Gasteiger partial charge in [-0.05, 0) is 31.9 Å². The fourth-order valence-electron chi connectivity index (χ4n) is 3.95. The molecule has 0 atom stereocenters. The van der Waals surface area contributed by atoms with Crippen LogP contribution in [0.2, 0.25) is 5.02 Å². The fraction of sp³-hybridized carbons (Fsp3) is 0.273. The summed E-state index contributed by atoms with van der Waals surface area (Å²) in [5.74, 6) is -0.170. The van der Waals surface area contributed by atoms with Gasteiger partial charge in [0.15, 0.2) is 17.3 Å². The highest BCUT2D eigenvalue weighted by Gasteiger charge is 2.47. The van der Waals surface area contributed by atoms with Gasteiger partial charge in [0.05, 0.1) is 35.3 Å². The summed E-state index contributed by atoms with van der Waals surface area (Å²) in [5, 5.41) is 18.3. The number of rotatable bonds is 4. The maximum Gasteiger partial charge on any atom is 0.433 e. The summed E-state index contributed by atoms with van der Waals surface area (Å²) in [6.45, 7) is 1.47. The Morgan fingerprint density at radius 2 is 1.88 bits per heavy atom. The van der Waals surface area contributed by atoms with Gasteiger partial charge < -0.3 is 9.63 Å². The summed E-state index contributed by atoms with van der Waals surface area (Å²) in [4.78, 5) is 8.37. The summed E-state index contributed by atoms with van der Waals surface area (Å²) in [5.41, 5.74) is -2.15. The van der Waals surface area contributed by atoms with Crippen LogP contribution < -0.4 is 0 Å². The van der Waals surface area contributed by atoms with Crippen LogP contribution in [0.5, 0.6) is 0 Å². The smallest absolute Gasteiger partial charge is 0.390 e. The molecule has 1 aliphatic rings. The van der Waals surface area contributed by atoms with E-state index >= 15 is 0 Å². The number of aromatic nitrogens is 5. The molecule has 0 aliphatic heterocycles. The molecule has 0 spiro atoms. The standard InChI is InChI=1S/C22H17ClF3N5O2/c1-21(32)9-12(10-21)31-19(22(24,25)26)14(11-29-31)18-16(20-27-7-4-8-28-20)17(30-33-18)13-5-2-3-6-15(13)23/h2-8,11-12,32H,9-10H2,1H3/i12D. The Morgan fingerprint density at radius 3 is 2.52 bits per heavy atom. The largest absolute Gasteiger partial charge is 0.433 e. The lowest BCUT2D eigenvalue weighted by atomic mass is 9.77. The molecule has 1 saturated carbocycles. The quantitative estimate of drug-likeness (QED) is 0.423. The predicted molar refractivity (Wildman–Crippen MR) is 113 cm³/mol. The average molecular weight is 477 g/mol. The van der Waals surface area contributed by atoms with Crippen molar-refractivity contribution >= 4 is 11.6 Å². The van der Waals surface area contributed by atoms with Gasteiger partial charge in [0, 0.05) is 18.0 Å². The van der Waals surface area contributed by atoms with Crippen molar-refractivity contribution in [3.8, 4) is 34.0 Å². The minimum absolute atomic E-state index is 0.0849. The van der Waals surface area contributed by atoms with E-state index in [0.29, 0.717) is 15.3 Å². The van der Waals surface area contributed by atoms with E-state index in [4.69, 9.17) is 17.5 Å². The van der Waals surface area contributed by atoms with Crippen molar-refractivity contribution in [3.05, 3.63) is 59.6 Å². The molecule has 1 fully saturated rings. The summed E-state index contributed by atoms with van der Waals surface area (Å²) in [6, 6.07) is 6.49. The molecule has 1 N–H and O–H groups in total. The first-order valence-electron chi connectivity index (χ1n) is 10.4. The highest BCUT2D eigenvalue weighted by atomic mass is 35.5. The van der Waals surface area contributed by atoms with Crippen molar-refractivity contribution in [2.24, 2.45) is 0 Å². The van der Waals surface area contributed by atoms with E-state index in [-0.39, 0.29) is 35.7 Å². The van der Waals surface area contributed by atoms with Crippen molar-refractivity contribution in [1.29, 1.82) is 0 Å². The molecule has 0 radical (unpaired) electrons. The van der Waals surface area contributed by atoms with Crippen LogP contribution in [-0.2, 0) is 6.18 Å². The summed E-state index contributed by atoms with van der Waals surface area (Å²) in [7, 11) is 0. The molecule has 3 aromatic heterocycles. The summed E-state index contributed by atoms with van der Waals surface area (Å²) in [6.07, 6.45) is -1.43. The van der Waals surface area contributed by atoms with E-state index in [9.17, 15) is 18.3 Å². The molecular formula is C22H17ClF3N5O2. The molecule has 11 heteroatoms. The fourth-order valence-corrected chi connectivity index (χ4v) is 4.18. The van der Waals surface area contributed by atoms with Crippen LogP contribution in [0.15, 0.2) is 53.4 Å². The van der Waals surface area contributed by atoms with Crippen LogP contribution in [0.4, 0.5) is 13.2 Å². The summed E-state index contributed by atoms with van der Waals surface area (Å²) >= 11 is 6.33. The second kappa shape index (κ2) is 7.67. The Balaban J connectivity index is 1.75. The van der Waals surface area contributed by atoms with Crippen molar-refractivity contribution in [1.82, 2.24) is 24.9 Å². The monoisotopic (exact) mass is 476 g/mol. The molecule has 7 nitrogen and oxygen atoms in total. The predicted octanol–water partition coefficient (Wildman–Crippen LogP) is 5.42. The van der Waals surface area contributed by atoms with Gasteiger partial charge in [-0.3, -0.25) is 4.68 Å². The number of hydrogen-bond donors (Lipinski definition) is 1. The number of benzene rings is 1. The van der Waals surface area contributed by atoms with Gasteiger partial charge in [-0.1, -0.05) is 35.0 Å². The lowest BCUT2D eigenvalue weighted by Gasteiger charge is -2.41. The molecule has 0 unspecified atom stereocenters. The van der Waals surface area contributed by atoms with E-state index in [1.54, 1.807) is 30.3 Å². The third kappa shape index (κ3) is 3.79. The van der Waals surface area contributed by atoms with Crippen LogP contribution in [0.3, 0.4) is 0 Å². The van der Waals surface area contributed by atoms with Gasteiger partial charge in [-0.15, -0.1) is 0 Å². The van der Waals surface area contributed by atoms with Crippen molar-refractivity contribution in [2.45, 2.75) is 37.6 Å². The second-order valence-electron chi connectivity index (χ2n) is 8.02. The van der Waals surface area contributed by atoms with Crippen LogP contribution in [-0.4, -0.2) is 35.6 Å². The maximum atomic E-state index is 14.3. The molecule has 3 heterocycles. The first kappa shape index (κ1) is 20.4. The van der Waals surface area contributed by atoms with Gasteiger partial charge in [-0.25, -0.2) is 9.97 Å². The van der Waals surface area contributed by atoms with E-state index in [1.807, 2.05) is 0 Å². The Morgan fingerprint density at radius 1 is 1.18 bits per heavy atom. The van der Waals surface area contributed by atoms with Crippen molar-refractivity contribution in [3.63, 3.8) is 0 Å². The molecule has 1 aromatic carbocycles. The van der Waals surface area contributed by atoms with Gasteiger partial charge >= 0.3 is 6.18 Å². The van der Waals surface area contributed by atoms with Gasteiger partial charge in [0.2, 0.25) is 0 Å². The second-order valence-corrected chi connectivity index (χ2v) is 8.43. The highest BCUT2D eigenvalue weighted by molar-refractivity contribution is 6.33. The normalized spacial score (nSPS) is 23.3. The number of nitrogens with zero attached hydrogens (tertiary/aromatic N) is 5. The SMILES string of the molecule is [2H]C1(n2ncc(-c3onc(-c4ccccc4Cl)c3-c3ncccn3)c2C(F)(F)F)CC(C)(O)C1. The zero-order chi connectivity index (χ0) is 24.3. The van der Waals surface area contributed by atoms with Gasteiger partial charge in [-0.2, -0.15) is 18.3 Å². The Hall–Kier alpha value is -3.24. The molecule has 0 amide bonds. The number of hydrogen-bond acceptors (Lipinski definition) is 6. The third-order valence-corrected chi connectivity index (χ3v) is 5.69. The molecule has 1 aliphatic carbocycles. The van der Waals surface area contributed by atoms with Crippen LogP contribution in [0, 0.1) is 0 Å². The maximum absolute atomic E-state index is 14.3. The topological polar surface area (TPSA) is 89.9 Å². The minimum atomic E-state index is -4.88. The van der Waals surface area contributed by atoms with Crippen molar-refractivity contribution < 1.29 is 24.2 Å². The first-order valence-corrected chi connectivity index (χ1v) is 10.3. The molecule has 0 bridgehead atoms. The molecule has 33 heavy (non-hydrogen) atoms. The molecular weight excluding hydrogens is 459 g/mol. The lowest BCUT2D eigenvalue weighted by Crippen LogP contribution is -2.43.